The van der Waals surface area contributed by atoms with Crippen LogP contribution in [0.15, 0.2) is 0 Å². The van der Waals surface area contributed by atoms with Crippen molar-refractivity contribution in [3.05, 3.63) is 0 Å². The van der Waals surface area contributed by atoms with E-state index < -0.39 is 0 Å². The summed E-state index contributed by atoms with van der Waals surface area (Å²) in [5.74, 6) is 0.588. The number of carbonyl (C=O) groups excluding carboxylic acids is 1. The molecule has 0 rings (SSSR count). The maximum absolute atomic E-state index is 11.2. The van der Waals surface area contributed by atoms with E-state index in [-0.39, 0.29) is 5.92 Å². The molecular formula is C12H24O2. The maximum Gasteiger partial charge on any atom is 0.135 e. The van der Waals surface area contributed by atoms with Gasteiger partial charge in [-0.15, -0.1) is 0 Å². The molecule has 0 aromatic carbocycles. The van der Waals surface area contributed by atoms with E-state index in [1.807, 2.05) is 13.8 Å². The van der Waals surface area contributed by atoms with E-state index in [9.17, 15) is 4.79 Å². The molecule has 0 aliphatic carbocycles. The maximum atomic E-state index is 11.2. The number of hydrogen-bond donors (Lipinski definition) is 1. The van der Waals surface area contributed by atoms with E-state index in [0.29, 0.717) is 12.4 Å². The van der Waals surface area contributed by atoms with Crippen LogP contribution in [0.25, 0.3) is 0 Å². The van der Waals surface area contributed by atoms with Gasteiger partial charge in [0.1, 0.15) is 5.78 Å². The number of rotatable bonds is 9. The SMILES string of the molecule is CC(C)C(=O)CCCCCCCCO. The van der Waals surface area contributed by atoms with Crippen molar-refractivity contribution >= 4 is 5.78 Å². The lowest BCUT2D eigenvalue weighted by Gasteiger charge is -2.03. The summed E-state index contributed by atoms with van der Waals surface area (Å²) < 4.78 is 0. The molecular weight excluding hydrogens is 176 g/mol. The number of aliphatic hydroxyl groups is 1. The summed E-state index contributed by atoms with van der Waals surface area (Å²) >= 11 is 0. The molecule has 0 aliphatic heterocycles. The Kier molecular flexibility index (Phi) is 8.95. The first-order chi connectivity index (χ1) is 6.68. The molecule has 2 heteroatoms. The molecule has 14 heavy (non-hydrogen) atoms. The number of unbranched alkanes of at least 4 members (excludes halogenated alkanes) is 5. The summed E-state index contributed by atoms with van der Waals surface area (Å²) in [6, 6.07) is 0. The first kappa shape index (κ1) is 13.6. The van der Waals surface area contributed by atoms with Crippen molar-refractivity contribution in [2.45, 2.75) is 58.8 Å². The number of hydrogen-bond acceptors (Lipinski definition) is 2. The van der Waals surface area contributed by atoms with Crippen LogP contribution in [0.4, 0.5) is 0 Å². The fourth-order valence-corrected chi connectivity index (χ4v) is 1.41. The van der Waals surface area contributed by atoms with Crippen LogP contribution in [-0.4, -0.2) is 17.5 Å². The molecule has 0 aliphatic rings. The van der Waals surface area contributed by atoms with Crippen LogP contribution in [0.5, 0.6) is 0 Å². The highest BCUT2D eigenvalue weighted by Gasteiger charge is 2.05. The standard InChI is InChI=1S/C12H24O2/c1-11(2)12(14)9-7-5-3-4-6-8-10-13/h11,13H,3-10H2,1-2H3. The van der Waals surface area contributed by atoms with E-state index in [2.05, 4.69) is 0 Å². The van der Waals surface area contributed by atoms with Crippen molar-refractivity contribution in [1.82, 2.24) is 0 Å². The van der Waals surface area contributed by atoms with Crippen molar-refractivity contribution in [3.8, 4) is 0 Å². The van der Waals surface area contributed by atoms with Crippen LogP contribution in [0.1, 0.15) is 58.8 Å². The molecule has 0 radical (unpaired) electrons. The van der Waals surface area contributed by atoms with E-state index in [4.69, 9.17) is 5.11 Å². The minimum Gasteiger partial charge on any atom is -0.396 e. The molecule has 0 bridgehead atoms. The molecule has 2 nitrogen and oxygen atoms in total. The zero-order valence-electron chi connectivity index (χ0n) is 9.59. The predicted octanol–water partition coefficient (Wildman–Crippen LogP) is 2.93. The summed E-state index contributed by atoms with van der Waals surface area (Å²) in [4.78, 5) is 11.2. The summed E-state index contributed by atoms with van der Waals surface area (Å²) in [6.07, 6.45) is 7.37. The lowest BCUT2D eigenvalue weighted by atomic mass is 10.0. The van der Waals surface area contributed by atoms with Gasteiger partial charge >= 0.3 is 0 Å². The molecule has 0 saturated heterocycles. The van der Waals surface area contributed by atoms with Crippen LogP contribution in [0.3, 0.4) is 0 Å². The van der Waals surface area contributed by atoms with Gasteiger partial charge in [-0.1, -0.05) is 39.5 Å². The lowest BCUT2D eigenvalue weighted by molar-refractivity contribution is -0.122. The highest BCUT2D eigenvalue weighted by molar-refractivity contribution is 5.80. The molecule has 0 spiro atoms. The van der Waals surface area contributed by atoms with Crippen molar-refractivity contribution in [2.75, 3.05) is 6.61 Å². The second-order valence-electron chi connectivity index (χ2n) is 4.22. The Balaban J connectivity index is 3.10. The predicted molar refractivity (Wildman–Crippen MR) is 59.2 cm³/mol. The molecule has 0 heterocycles. The Labute approximate surface area is 87.7 Å². The second-order valence-corrected chi connectivity index (χ2v) is 4.22. The second kappa shape index (κ2) is 9.20. The first-order valence-corrected chi connectivity index (χ1v) is 5.82. The van der Waals surface area contributed by atoms with Gasteiger partial charge in [0.05, 0.1) is 0 Å². The van der Waals surface area contributed by atoms with Crippen LogP contribution >= 0.6 is 0 Å². The van der Waals surface area contributed by atoms with Gasteiger partial charge in [0.25, 0.3) is 0 Å². The molecule has 0 fully saturated rings. The van der Waals surface area contributed by atoms with Crippen LogP contribution in [0.2, 0.25) is 0 Å². The summed E-state index contributed by atoms with van der Waals surface area (Å²) in [5, 5.41) is 8.56. The van der Waals surface area contributed by atoms with E-state index in [1.54, 1.807) is 0 Å². The molecule has 0 amide bonds. The van der Waals surface area contributed by atoms with Crippen molar-refractivity contribution in [2.24, 2.45) is 5.92 Å². The fraction of sp³-hybridized carbons (Fsp3) is 0.917. The quantitative estimate of drug-likeness (QED) is 0.581. The average molecular weight is 200 g/mol. The van der Waals surface area contributed by atoms with Gasteiger partial charge < -0.3 is 5.11 Å². The molecule has 0 unspecified atom stereocenters. The largest absolute Gasteiger partial charge is 0.396 e. The highest BCUT2D eigenvalue weighted by atomic mass is 16.2. The molecule has 0 atom stereocenters. The van der Waals surface area contributed by atoms with Crippen molar-refractivity contribution in [1.29, 1.82) is 0 Å². The van der Waals surface area contributed by atoms with Gasteiger partial charge in [0.2, 0.25) is 0 Å². The average Bonchev–Trinajstić information content (AvgIpc) is 2.16. The topological polar surface area (TPSA) is 37.3 Å². The van der Waals surface area contributed by atoms with Gasteiger partial charge in [-0.05, 0) is 12.8 Å². The Morgan fingerprint density at radius 1 is 1.00 bits per heavy atom. The third kappa shape index (κ3) is 8.24. The number of aliphatic hydroxyl groups excluding tert-OH is 1. The highest BCUT2D eigenvalue weighted by Crippen LogP contribution is 2.09. The van der Waals surface area contributed by atoms with Gasteiger partial charge in [-0.2, -0.15) is 0 Å². The van der Waals surface area contributed by atoms with Gasteiger partial charge in [-0.25, -0.2) is 0 Å². The van der Waals surface area contributed by atoms with Gasteiger partial charge in [-0.3, -0.25) is 4.79 Å². The smallest absolute Gasteiger partial charge is 0.135 e. The fourth-order valence-electron chi connectivity index (χ4n) is 1.41. The minimum atomic E-state index is 0.199. The number of ketones is 1. The Morgan fingerprint density at radius 2 is 1.50 bits per heavy atom. The molecule has 0 saturated carbocycles. The van der Waals surface area contributed by atoms with Crippen molar-refractivity contribution < 1.29 is 9.90 Å². The van der Waals surface area contributed by atoms with Gasteiger partial charge in [0, 0.05) is 18.9 Å². The Hall–Kier alpha value is -0.370. The molecule has 84 valence electrons. The minimum absolute atomic E-state index is 0.199. The summed E-state index contributed by atoms with van der Waals surface area (Å²) in [7, 11) is 0. The normalized spacial score (nSPS) is 10.9. The third-order valence-electron chi connectivity index (χ3n) is 2.48. The zero-order chi connectivity index (χ0) is 10.8. The van der Waals surface area contributed by atoms with Crippen molar-refractivity contribution in [3.63, 3.8) is 0 Å². The van der Waals surface area contributed by atoms with Crippen LogP contribution in [-0.2, 0) is 4.79 Å². The Morgan fingerprint density at radius 3 is 2.00 bits per heavy atom. The van der Waals surface area contributed by atoms with E-state index in [1.165, 1.54) is 12.8 Å². The molecule has 0 aromatic rings. The molecule has 1 N–H and O–H groups in total. The van der Waals surface area contributed by atoms with E-state index in [0.717, 1.165) is 32.1 Å². The zero-order valence-corrected chi connectivity index (χ0v) is 9.59. The first-order valence-electron chi connectivity index (χ1n) is 5.82. The van der Waals surface area contributed by atoms with Gasteiger partial charge in [0.15, 0.2) is 0 Å². The molecule has 0 aromatic heterocycles. The third-order valence-corrected chi connectivity index (χ3v) is 2.48. The van der Waals surface area contributed by atoms with E-state index >= 15 is 0 Å². The Bertz CT molecular complexity index is 141. The lowest BCUT2D eigenvalue weighted by Crippen LogP contribution is -2.05. The number of carbonyl (C=O) groups is 1. The summed E-state index contributed by atoms with van der Waals surface area (Å²) in [5.41, 5.74) is 0. The summed E-state index contributed by atoms with van der Waals surface area (Å²) in [6.45, 7) is 4.24. The van der Waals surface area contributed by atoms with Crippen LogP contribution < -0.4 is 0 Å². The monoisotopic (exact) mass is 200 g/mol. The number of Topliss-reactive ketones (excluding diaryl/α,β-unsaturated/α-hetero) is 1. The van der Waals surface area contributed by atoms with Crippen LogP contribution in [0, 0.1) is 5.92 Å².